The SMILES string of the molecule is COCCn1/c(=N/S(=O)(=O)c2ccccc2)sc2cc(Cl)ccc21. The van der Waals surface area contributed by atoms with Crippen molar-refractivity contribution in [2.75, 3.05) is 13.7 Å². The molecular formula is C16H15ClN2O3S2. The number of benzene rings is 2. The number of ether oxygens (including phenoxy) is 1. The molecule has 0 atom stereocenters. The Labute approximate surface area is 148 Å². The fraction of sp³-hybridized carbons (Fsp3) is 0.188. The largest absolute Gasteiger partial charge is 0.383 e. The normalized spacial score (nSPS) is 12.8. The van der Waals surface area contributed by atoms with E-state index in [0.717, 1.165) is 10.2 Å². The summed E-state index contributed by atoms with van der Waals surface area (Å²) in [4.78, 5) is 0.562. The highest BCUT2D eigenvalue weighted by atomic mass is 35.5. The van der Waals surface area contributed by atoms with Gasteiger partial charge in [-0.25, -0.2) is 0 Å². The van der Waals surface area contributed by atoms with Gasteiger partial charge in [-0.05, 0) is 30.3 Å². The number of thiazole rings is 1. The highest BCUT2D eigenvalue weighted by molar-refractivity contribution is 7.90. The second-order valence-corrected chi connectivity index (χ2v) is 8.07. The molecule has 0 saturated carbocycles. The smallest absolute Gasteiger partial charge is 0.285 e. The van der Waals surface area contributed by atoms with Crippen molar-refractivity contribution in [1.82, 2.24) is 4.57 Å². The second kappa shape index (κ2) is 7.06. The van der Waals surface area contributed by atoms with Gasteiger partial charge >= 0.3 is 0 Å². The summed E-state index contributed by atoms with van der Waals surface area (Å²) in [6.07, 6.45) is 0. The number of sulfonamides is 1. The molecule has 0 unspecified atom stereocenters. The molecule has 0 bridgehead atoms. The van der Waals surface area contributed by atoms with E-state index in [-0.39, 0.29) is 4.90 Å². The number of hydrogen-bond acceptors (Lipinski definition) is 4. The molecule has 2 aromatic carbocycles. The zero-order chi connectivity index (χ0) is 17.2. The van der Waals surface area contributed by atoms with Crippen molar-refractivity contribution in [1.29, 1.82) is 0 Å². The highest BCUT2D eigenvalue weighted by Gasteiger charge is 2.14. The van der Waals surface area contributed by atoms with Gasteiger partial charge in [-0.2, -0.15) is 8.42 Å². The molecule has 1 heterocycles. The quantitative estimate of drug-likeness (QED) is 0.680. The summed E-state index contributed by atoms with van der Waals surface area (Å²) in [6.45, 7) is 0.953. The Hall–Kier alpha value is -1.67. The topological polar surface area (TPSA) is 60.7 Å². The van der Waals surface area contributed by atoms with E-state index in [0.29, 0.717) is 23.0 Å². The van der Waals surface area contributed by atoms with Crippen LogP contribution in [0.3, 0.4) is 0 Å². The van der Waals surface area contributed by atoms with E-state index in [1.807, 2.05) is 10.6 Å². The fourth-order valence-corrected chi connectivity index (χ4v) is 4.82. The molecule has 0 aliphatic carbocycles. The van der Waals surface area contributed by atoms with Gasteiger partial charge in [0.2, 0.25) is 4.80 Å². The summed E-state index contributed by atoms with van der Waals surface area (Å²) in [5.74, 6) is 0. The van der Waals surface area contributed by atoms with Crippen molar-refractivity contribution in [3.63, 3.8) is 0 Å². The molecule has 3 rings (SSSR count). The predicted molar refractivity (Wildman–Crippen MR) is 95.9 cm³/mol. The highest BCUT2D eigenvalue weighted by Crippen LogP contribution is 2.22. The van der Waals surface area contributed by atoms with Crippen molar-refractivity contribution in [3.8, 4) is 0 Å². The van der Waals surface area contributed by atoms with Crippen LogP contribution in [0.2, 0.25) is 5.02 Å². The third-order valence-corrected chi connectivity index (χ3v) is 6.08. The van der Waals surface area contributed by atoms with Crippen LogP contribution in [0.25, 0.3) is 10.2 Å². The van der Waals surface area contributed by atoms with Crippen LogP contribution in [-0.2, 0) is 21.3 Å². The first-order chi connectivity index (χ1) is 11.5. The predicted octanol–water partition coefficient (Wildman–Crippen LogP) is 3.29. The third kappa shape index (κ3) is 3.54. The number of hydrogen-bond donors (Lipinski definition) is 0. The van der Waals surface area contributed by atoms with Crippen LogP contribution < -0.4 is 4.80 Å². The fourth-order valence-electron chi connectivity index (χ4n) is 2.26. The van der Waals surface area contributed by atoms with Crippen molar-refractivity contribution in [3.05, 3.63) is 58.4 Å². The average Bonchev–Trinajstić information content (AvgIpc) is 2.89. The van der Waals surface area contributed by atoms with Crippen molar-refractivity contribution in [2.45, 2.75) is 11.4 Å². The summed E-state index contributed by atoms with van der Waals surface area (Å²) >= 11 is 7.32. The van der Waals surface area contributed by atoms with Gasteiger partial charge < -0.3 is 9.30 Å². The van der Waals surface area contributed by atoms with Crippen molar-refractivity contribution >= 4 is 43.2 Å². The van der Waals surface area contributed by atoms with E-state index < -0.39 is 10.0 Å². The lowest BCUT2D eigenvalue weighted by Crippen LogP contribution is -2.19. The Bertz CT molecular complexity index is 1020. The number of aromatic nitrogens is 1. The van der Waals surface area contributed by atoms with Crippen molar-refractivity contribution < 1.29 is 13.2 Å². The summed E-state index contributed by atoms with van der Waals surface area (Å²) < 4.78 is 37.0. The molecule has 0 amide bonds. The van der Waals surface area contributed by atoms with Gasteiger partial charge in [-0.1, -0.05) is 41.1 Å². The van der Waals surface area contributed by atoms with Crippen LogP contribution in [-0.4, -0.2) is 26.7 Å². The first kappa shape index (κ1) is 17.2. The van der Waals surface area contributed by atoms with Gasteiger partial charge in [0.1, 0.15) is 0 Å². The standard InChI is InChI=1S/C16H15ClN2O3S2/c1-22-10-9-19-14-8-7-12(17)11-15(14)23-16(19)18-24(20,21)13-5-3-2-4-6-13/h2-8,11H,9-10H2,1H3/b18-16-. The molecule has 1 aromatic heterocycles. The minimum absolute atomic E-state index is 0.166. The number of halogens is 1. The van der Waals surface area contributed by atoms with Gasteiger partial charge in [0, 0.05) is 18.7 Å². The Morgan fingerprint density at radius 3 is 2.67 bits per heavy atom. The molecule has 3 aromatic rings. The van der Waals surface area contributed by atoms with Crippen LogP contribution in [0, 0.1) is 0 Å². The number of nitrogens with zero attached hydrogens (tertiary/aromatic N) is 2. The molecule has 0 fully saturated rings. The van der Waals surface area contributed by atoms with Crippen LogP contribution >= 0.6 is 22.9 Å². The van der Waals surface area contributed by atoms with Crippen LogP contribution in [0.4, 0.5) is 0 Å². The maximum atomic E-state index is 12.5. The summed E-state index contributed by atoms with van der Waals surface area (Å²) in [5.41, 5.74) is 0.878. The lowest BCUT2D eigenvalue weighted by Gasteiger charge is -2.04. The first-order valence-corrected chi connectivity index (χ1v) is 9.78. The lowest BCUT2D eigenvalue weighted by molar-refractivity contribution is 0.187. The van der Waals surface area contributed by atoms with E-state index in [1.54, 1.807) is 37.4 Å². The molecular weight excluding hydrogens is 368 g/mol. The molecule has 0 N–H and O–H groups in total. The number of rotatable bonds is 5. The third-order valence-electron chi connectivity index (χ3n) is 3.40. The molecule has 0 saturated heterocycles. The molecule has 5 nitrogen and oxygen atoms in total. The zero-order valence-electron chi connectivity index (χ0n) is 12.8. The molecule has 0 radical (unpaired) electrons. The Kier molecular flexibility index (Phi) is 5.05. The van der Waals surface area contributed by atoms with E-state index in [1.165, 1.54) is 23.5 Å². The second-order valence-electron chi connectivity index (χ2n) is 5.02. The maximum Gasteiger partial charge on any atom is 0.285 e. The Morgan fingerprint density at radius 2 is 1.96 bits per heavy atom. The zero-order valence-corrected chi connectivity index (χ0v) is 15.2. The Balaban J connectivity index is 2.21. The number of fused-ring (bicyclic) bond motifs is 1. The minimum atomic E-state index is -3.78. The van der Waals surface area contributed by atoms with Crippen molar-refractivity contribution in [2.24, 2.45) is 4.40 Å². The number of methoxy groups -OCH3 is 1. The van der Waals surface area contributed by atoms with Gasteiger partial charge in [-0.15, -0.1) is 4.40 Å². The minimum Gasteiger partial charge on any atom is -0.383 e. The van der Waals surface area contributed by atoms with Crippen LogP contribution in [0.15, 0.2) is 57.8 Å². The summed E-state index contributed by atoms with van der Waals surface area (Å²) in [5, 5.41) is 0.597. The maximum absolute atomic E-state index is 12.5. The van der Waals surface area contributed by atoms with Gasteiger partial charge in [0.15, 0.2) is 0 Å². The Morgan fingerprint density at radius 1 is 1.21 bits per heavy atom. The average molecular weight is 383 g/mol. The lowest BCUT2D eigenvalue weighted by atomic mass is 10.3. The first-order valence-electron chi connectivity index (χ1n) is 7.15. The van der Waals surface area contributed by atoms with Crippen LogP contribution in [0.5, 0.6) is 0 Å². The van der Waals surface area contributed by atoms with Crippen LogP contribution in [0.1, 0.15) is 0 Å². The summed E-state index contributed by atoms with van der Waals surface area (Å²) in [6, 6.07) is 13.6. The molecule has 24 heavy (non-hydrogen) atoms. The monoisotopic (exact) mass is 382 g/mol. The molecule has 0 aliphatic heterocycles. The van der Waals surface area contributed by atoms with Gasteiger partial charge in [-0.3, -0.25) is 0 Å². The van der Waals surface area contributed by atoms with E-state index >= 15 is 0 Å². The van der Waals surface area contributed by atoms with Gasteiger partial charge in [0.25, 0.3) is 10.0 Å². The van der Waals surface area contributed by atoms with E-state index in [2.05, 4.69) is 4.40 Å². The van der Waals surface area contributed by atoms with E-state index in [9.17, 15) is 8.42 Å². The molecule has 0 spiro atoms. The summed E-state index contributed by atoms with van der Waals surface area (Å²) in [7, 11) is -2.18. The van der Waals surface area contributed by atoms with Gasteiger partial charge in [0.05, 0.1) is 21.7 Å². The molecule has 126 valence electrons. The molecule has 8 heteroatoms. The van der Waals surface area contributed by atoms with E-state index in [4.69, 9.17) is 16.3 Å². The molecule has 0 aliphatic rings.